The second-order valence-corrected chi connectivity index (χ2v) is 10.5. The van der Waals surface area contributed by atoms with Crippen LogP contribution >= 0.6 is 8.58 Å². The van der Waals surface area contributed by atoms with Crippen LogP contribution in [0.4, 0.5) is 0 Å². The lowest BCUT2D eigenvalue weighted by Gasteiger charge is -2.49. The van der Waals surface area contributed by atoms with E-state index in [1.165, 1.54) is 53.5 Å². The molecule has 0 bridgehead atoms. The van der Waals surface area contributed by atoms with Crippen LogP contribution in [0.5, 0.6) is 0 Å². The Morgan fingerprint density at radius 1 is 1.22 bits per heavy atom. The van der Waals surface area contributed by atoms with Gasteiger partial charge in [-0.1, -0.05) is 60.8 Å². The highest BCUT2D eigenvalue weighted by Crippen LogP contribution is 2.57. The van der Waals surface area contributed by atoms with E-state index in [4.69, 9.17) is 0 Å². The average Bonchev–Trinajstić information content (AvgIpc) is 2.12. The topological polar surface area (TPSA) is 0 Å². The fourth-order valence-corrected chi connectivity index (χ4v) is 6.84. The lowest BCUT2D eigenvalue weighted by molar-refractivity contribution is 0.142. The van der Waals surface area contributed by atoms with Gasteiger partial charge in [-0.05, 0) is 47.8 Å². The molecule has 0 amide bonds. The summed E-state index contributed by atoms with van der Waals surface area (Å²) in [6.45, 7) is 14.7. The Balaban J connectivity index is 2.75. The zero-order chi connectivity index (χ0) is 13.8. The van der Waals surface area contributed by atoms with Crippen LogP contribution in [-0.2, 0) is 0 Å². The summed E-state index contributed by atoms with van der Waals surface area (Å²) in [4.78, 5) is 0. The normalized spacial score (nSPS) is 33.2. The van der Waals surface area contributed by atoms with Crippen LogP contribution in [0, 0.1) is 11.3 Å². The molecule has 1 aliphatic rings. The standard InChI is InChI=1S/C17H35P/c1-7-8-9-10-17(11-14(2)3)12-15(4)18-16(5,6)13-17/h14-15,18H,7-13H2,1-6H3. The largest absolute Gasteiger partial charge is 0.113 e. The lowest BCUT2D eigenvalue weighted by atomic mass is 9.67. The minimum atomic E-state index is 0.596. The summed E-state index contributed by atoms with van der Waals surface area (Å²) >= 11 is 0. The van der Waals surface area contributed by atoms with Gasteiger partial charge in [0.25, 0.3) is 0 Å². The maximum absolute atomic E-state index is 2.51. The van der Waals surface area contributed by atoms with Crippen molar-refractivity contribution in [1.29, 1.82) is 0 Å². The van der Waals surface area contributed by atoms with E-state index in [2.05, 4.69) is 41.5 Å². The summed E-state index contributed by atoms with van der Waals surface area (Å²) in [6, 6.07) is 0. The third-order valence-corrected chi connectivity index (χ3v) is 6.00. The molecule has 18 heavy (non-hydrogen) atoms. The van der Waals surface area contributed by atoms with E-state index in [1.807, 2.05) is 0 Å². The highest BCUT2D eigenvalue weighted by molar-refractivity contribution is 7.40. The van der Waals surface area contributed by atoms with E-state index in [-0.39, 0.29) is 0 Å². The zero-order valence-corrected chi connectivity index (χ0v) is 14.6. The number of hydrogen-bond donors (Lipinski definition) is 0. The lowest BCUT2D eigenvalue weighted by Crippen LogP contribution is -2.38. The fraction of sp³-hybridized carbons (Fsp3) is 1.00. The van der Waals surface area contributed by atoms with E-state index in [9.17, 15) is 0 Å². The summed E-state index contributed by atoms with van der Waals surface area (Å²) in [7, 11) is 1.17. The van der Waals surface area contributed by atoms with E-state index >= 15 is 0 Å². The molecule has 0 aliphatic carbocycles. The van der Waals surface area contributed by atoms with Gasteiger partial charge in [-0.15, -0.1) is 8.58 Å². The van der Waals surface area contributed by atoms with Crippen molar-refractivity contribution in [2.45, 2.75) is 97.3 Å². The quantitative estimate of drug-likeness (QED) is 0.396. The second-order valence-electron chi connectivity index (χ2n) is 7.87. The van der Waals surface area contributed by atoms with Crippen LogP contribution in [0.1, 0.15) is 86.5 Å². The molecule has 3 unspecified atom stereocenters. The molecule has 1 saturated heterocycles. The summed E-state index contributed by atoms with van der Waals surface area (Å²) in [6.07, 6.45) is 10.2. The van der Waals surface area contributed by atoms with E-state index in [1.54, 1.807) is 0 Å². The third-order valence-electron chi connectivity index (χ3n) is 4.35. The molecule has 1 fully saturated rings. The predicted molar refractivity (Wildman–Crippen MR) is 87.1 cm³/mol. The molecule has 1 heteroatoms. The molecule has 1 heterocycles. The van der Waals surface area contributed by atoms with Gasteiger partial charge in [-0.3, -0.25) is 0 Å². The number of rotatable bonds is 6. The monoisotopic (exact) mass is 270 g/mol. The maximum Gasteiger partial charge on any atom is -0.0171 e. The van der Waals surface area contributed by atoms with E-state index in [0.29, 0.717) is 10.6 Å². The van der Waals surface area contributed by atoms with Gasteiger partial charge in [0.15, 0.2) is 0 Å². The van der Waals surface area contributed by atoms with Crippen LogP contribution in [0.15, 0.2) is 0 Å². The van der Waals surface area contributed by atoms with Gasteiger partial charge in [0.05, 0.1) is 0 Å². The Hall–Kier alpha value is 0.430. The van der Waals surface area contributed by atoms with Crippen molar-refractivity contribution < 1.29 is 0 Å². The summed E-state index contributed by atoms with van der Waals surface area (Å²) in [5.41, 5.74) is 1.62. The van der Waals surface area contributed by atoms with Crippen molar-refractivity contribution in [2.75, 3.05) is 0 Å². The minimum Gasteiger partial charge on any atom is -0.113 e. The van der Waals surface area contributed by atoms with Crippen LogP contribution in [0.25, 0.3) is 0 Å². The van der Waals surface area contributed by atoms with Gasteiger partial charge >= 0.3 is 0 Å². The summed E-state index contributed by atoms with van der Waals surface area (Å²) in [5.74, 6) is 0.857. The van der Waals surface area contributed by atoms with Crippen LogP contribution in [-0.4, -0.2) is 10.8 Å². The van der Waals surface area contributed by atoms with Gasteiger partial charge in [0.2, 0.25) is 0 Å². The maximum atomic E-state index is 2.51. The summed E-state index contributed by atoms with van der Waals surface area (Å²) in [5, 5.41) is 0.596. The molecule has 1 rings (SSSR count). The first kappa shape index (κ1) is 16.5. The van der Waals surface area contributed by atoms with Crippen molar-refractivity contribution >= 4 is 8.58 Å². The van der Waals surface area contributed by atoms with E-state index < -0.39 is 0 Å². The fourth-order valence-electron chi connectivity index (χ4n) is 4.49. The first-order valence-corrected chi connectivity index (χ1v) is 9.14. The van der Waals surface area contributed by atoms with Crippen molar-refractivity contribution in [2.24, 2.45) is 11.3 Å². The van der Waals surface area contributed by atoms with Crippen LogP contribution in [0.3, 0.4) is 0 Å². The molecule has 0 N–H and O–H groups in total. The van der Waals surface area contributed by atoms with Crippen LogP contribution in [0.2, 0.25) is 0 Å². The number of hydrogen-bond acceptors (Lipinski definition) is 0. The van der Waals surface area contributed by atoms with Gasteiger partial charge in [-0.25, -0.2) is 0 Å². The molecule has 0 saturated carbocycles. The molecule has 0 radical (unpaired) electrons. The molecular formula is C17H35P. The first-order valence-electron chi connectivity index (χ1n) is 8.06. The van der Waals surface area contributed by atoms with Crippen molar-refractivity contribution in [3.8, 4) is 0 Å². The molecule has 0 aromatic rings. The molecule has 0 spiro atoms. The minimum absolute atomic E-state index is 0.596. The average molecular weight is 270 g/mol. The Labute approximate surface area is 117 Å². The molecule has 0 aromatic carbocycles. The van der Waals surface area contributed by atoms with Gasteiger partial charge < -0.3 is 0 Å². The predicted octanol–water partition coefficient (Wildman–Crippen LogP) is 6.24. The van der Waals surface area contributed by atoms with Crippen molar-refractivity contribution in [1.82, 2.24) is 0 Å². The Kier molecular flexibility index (Phi) is 6.17. The Bertz CT molecular complexity index is 240. The first-order chi connectivity index (χ1) is 8.29. The van der Waals surface area contributed by atoms with Crippen molar-refractivity contribution in [3.63, 3.8) is 0 Å². The van der Waals surface area contributed by atoms with E-state index in [0.717, 1.165) is 11.6 Å². The molecule has 0 nitrogen and oxygen atoms in total. The molecule has 1 aliphatic heterocycles. The highest BCUT2D eigenvalue weighted by atomic mass is 31.1. The van der Waals surface area contributed by atoms with Gasteiger partial charge in [0, 0.05) is 0 Å². The van der Waals surface area contributed by atoms with Crippen molar-refractivity contribution in [3.05, 3.63) is 0 Å². The summed E-state index contributed by atoms with van der Waals surface area (Å²) < 4.78 is 0. The molecular weight excluding hydrogens is 235 g/mol. The zero-order valence-electron chi connectivity index (χ0n) is 13.6. The smallest absolute Gasteiger partial charge is 0.0171 e. The number of unbranched alkanes of at least 4 members (excludes halogenated alkanes) is 2. The second kappa shape index (κ2) is 6.74. The Morgan fingerprint density at radius 3 is 2.39 bits per heavy atom. The SMILES string of the molecule is CCCCCC1(CC(C)C)CC(C)PC(C)(C)C1. The van der Waals surface area contributed by atoms with Crippen LogP contribution < -0.4 is 0 Å². The Morgan fingerprint density at radius 2 is 1.89 bits per heavy atom. The highest BCUT2D eigenvalue weighted by Gasteiger charge is 2.42. The van der Waals surface area contributed by atoms with Gasteiger partial charge in [-0.2, -0.15) is 0 Å². The molecule has 3 atom stereocenters. The van der Waals surface area contributed by atoms with Gasteiger partial charge in [0.1, 0.15) is 0 Å². The molecule has 0 aromatic heterocycles. The molecule has 108 valence electrons. The third kappa shape index (κ3) is 5.20.